The third-order valence-electron chi connectivity index (χ3n) is 3.35. The molecule has 0 saturated heterocycles. The van der Waals surface area contributed by atoms with Crippen molar-refractivity contribution in [1.29, 1.82) is 0 Å². The van der Waals surface area contributed by atoms with Crippen LogP contribution in [0.25, 0.3) is 0 Å². The van der Waals surface area contributed by atoms with Gasteiger partial charge in [0, 0.05) is 16.1 Å². The Morgan fingerprint density at radius 3 is 2.45 bits per heavy atom. The van der Waals surface area contributed by atoms with Crippen molar-refractivity contribution in [3.63, 3.8) is 0 Å². The molecule has 1 atom stereocenters. The highest BCUT2D eigenvalue weighted by Gasteiger charge is 2.18. The lowest BCUT2D eigenvalue weighted by Gasteiger charge is -2.18. The Kier molecular flexibility index (Phi) is 5.19. The van der Waals surface area contributed by atoms with E-state index >= 15 is 0 Å². The van der Waals surface area contributed by atoms with Gasteiger partial charge in [-0.15, -0.1) is 0 Å². The fraction of sp³-hybridized carbons (Fsp3) is 0.250. The molecule has 20 heavy (non-hydrogen) atoms. The van der Waals surface area contributed by atoms with Crippen molar-refractivity contribution in [1.82, 2.24) is 5.32 Å². The minimum absolute atomic E-state index is 0.108. The van der Waals surface area contributed by atoms with Crippen LogP contribution in [0.1, 0.15) is 22.7 Å². The second kappa shape index (κ2) is 6.70. The van der Waals surface area contributed by atoms with E-state index in [9.17, 15) is 4.39 Å². The van der Waals surface area contributed by atoms with Gasteiger partial charge < -0.3 is 5.32 Å². The summed E-state index contributed by atoms with van der Waals surface area (Å²) in [6, 6.07) is 11.7. The number of nitrogens with one attached hydrogen (secondary N) is 1. The highest BCUT2D eigenvalue weighted by Crippen LogP contribution is 2.31. The van der Waals surface area contributed by atoms with Gasteiger partial charge in [0.1, 0.15) is 5.82 Å². The van der Waals surface area contributed by atoms with Crippen LogP contribution in [0.4, 0.5) is 4.39 Å². The summed E-state index contributed by atoms with van der Waals surface area (Å²) in [6.45, 7) is 2.05. The van der Waals surface area contributed by atoms with Gasteiger partial charge in [-0.3, -0.25) is 0 Å². The first-order valence-electron chi connectivity index (χ1n) is 6.39. The number of benzene rings is 2. The average molecular weight is 357 g/mol. The average Bonchev–Trinajstić information content (AvgIpc) is 2.45. The summed E-state index contributed by atoms with van der Waals surface area (Å²) in [5.74, 6) is -0.368. The summed E-state index contributed by atoms with van der Waals surface area (Å²) in [5, 5.41) is 3.29. The van der Waals surface area contributed by atoms with Crippen LogP contribution in [0.2, 0.25) is 5.02 Å². The summed E-state index contributed by atoms with van der Waals surface area (Å²) >= 11 is 9.19. The fourth-order valence-corrected chi connectivity index (χ4v) is 2.62. The lowest BCUT2D eigenvalue weighted by molar-refractivity contribution is 0.534. The van der Waals surface area contributed by atoms with Gasteiger partial charge >= 0.3 is 0 Å². The normalized spacial score (nSPS) is 12.4. The van der Waals surface area contributed by atoms with Gasteiger partial charge in [0.25, 0.3) is 0 Å². The zero-order valence-electron chi connectivity index (χ0n) is 11.4. The standard InChI is InChI=1S/C16H16BrClFN/c1-10-3-5-11(6-4-10)9-14(20-2)12-7-8-13(17)15(18)16(12)19/h3-8,14,20H,9H2,1-2H3. The van der Waals surface area contributed by atoms with Crippen LogP contribution in [0.5, 0.6) is 0 Å². The Balaban J connectivity index is 2.29. The van der Waals surface area contributed by atoms with Crippen molar-refractivity contribution in [3.05, 3.63) is 68.4 Å². The van der Waals surface area contributed by atoms with Gasteiger partial charge in [0.05, 0.1) is 5.02 Å². The van der Waals surface area contributed by atoms with Gasteiger partial charge in [-0.05, 0) is 48.0 Å². The maximum absolute atomic E-state index is 14.3. The molecular weight excluding hydrogens is 341 g/mol. The Morgan fingerprint density at radius 2 is 1.85 bits per heavy atom. The third kappa shape index (κ3) is 3.40. The Bertz CT molecular complexity index is 598. The van der Waals surface area contributed by atoms with Crippen LogP contribution in [-0.4, -0.2) is 7.05 Å². The van der Waals surface area contributed by atoms with Crippen molar-refractivity contribution in [2.45, 2.75) is 19.4 Å². The minimum atomic E-state index is -0.368. The van der Waals surface area contributed by atoms with Crippen LogP contribution < -0.4 is 5.32 Å². The number of hydrogen-bond donors (Lipinski definition) is 1. The first-order valence-corrected chi connectivity index (χ1v) is 7.56. The summed E-state index contributed by atoms with van der Waals surface area (Å²) in [4.78, 5) is 0. The van der Waals surface area contributed by atoms with E-state index in [1.54, 1.807) is 12.1 Å². The van der Waals surface area contributed by atoms with E-state index in [0.717, 1.165) is 5.56 Å². The highest BCUT2D eigenvalue weighted by atomic mass is 79.9. The maximum atomic E-state index is 14.3. The van der Waals surface area contributed by atoms with Crippen LogP contribution in [0.3, 0.4) is 0 Å². The van der Waals surface area contributed by atoms with E-state index < -0.39 is 0 Å². The molecule has 0 fully saturated rings. The van der Waals surface area contributed by atoms with Gasteiger partial charge in [-0.2, -0.15) is 0 Å². The molecule has 0 aliphatic heterocycles. The molecule has 0 heterocycles. The summed E-state index contributed by atoms with van der Waals surface area (Å²) in [5.41, 5.74) is 2.96. The maximum Gasteiger partial charge on any atom is 0.147 e. The molecular formula is C16H16BrClFN. The zero-order valence-corrected chi connectivity index (χ0v) is 13.7. The predicted molar refractivity (Wildman–Crippen MR) is 85.8 cm³/mol. The number of likely N-dealkylation sites (N-methyl/N-ethyl adjacent to an activating group) is 1. The van der Waals surface area contributed by atoms with Gasteiger partial charge in [0.15, 0.2) is 0 Å². The smallest absolute Gasteiger partial charge is 0.147 e. The van der Waals surface area contributed by atoms with E-state index in [1.165, 1.54) is 5.56 Å². The van der Waals surface area contributed by atoms with E-state index in [2.05, 4.69) is 45.5 Å². The molecule has 0 amide bonds. The van der Waals surface area contributed by atoms with E-state index in [-0.39, 0.29) is 16.9 Å². The van der Waals surface area contributed by atoms with E-state index in [0.29, 0.717) is 16.5 Å². The molecule has 2 rings (SSSR count). The lowest BCUT2D eigenvalue weighted by Crippen LogP contribution is -2.20. The van der Waals surface area contributed by atoms with Crippen molar-refractivity contribution < 1.29 is 4.39 Å². The van der Waals surface area contributed by atoms with Crippen LogP contribution in [0, 0.1) is 12.7 Å². The molecule has 4 heteroatoms. The van der Waals surface area contributed by atoms with Crippen LogP contribution in [-0.2, 0) is 6.42 Å². The molecule has 2 aromatic carbocycles. The third-order valence-corrected chi connectivity index (χ3v) is 4.61. The molecule has 1 nitrogen and oxygen atoms in total. The second-order valence-electron chi connectivity index (χ2n) is 4.80. The number of aryl methyl sites for hydroxylation is 1. The van der Waals surface area contributed by atoms with Crippen molar-refractivity contribution in [2.24, 2.45) is 0 Å². The van der Waals surface area contributed by atoms with Crippen LogP contribution >= 0.6 is 27.5 Å². The Hall–Kier alpha value is -0.900. The van der Waals surface area contributed by atoms with Gasteiger partial charge in [-0.25, -0.2) is 4.39 Å². The van der Waals surface area contributed by atoms with Crippen molar-refractivity contribution in [3.8, 4) is 0 Å². The van der Waals surface area contributed by atoms with Crippen molar-refractivity contribution in [2.75, 3.05) is 7.05 Å². The summed E-state index contributed by atoms with van der Waals surface area (Å²) in [7, 11) is 1.83. The molecule has 0 bridgehead atoms. The van der Waals surface area contributed by atoms with Crippen molar-refractivity contribution >= 4 is 27.5 Å². The summed E-state index contributed by atoms with van der Waals surface area (Å²) < 4.78 is 14.8. The minimum Gasteiger partial charge on any atom is -0.313 e. The molecule has 0 aliphatic rings. The molecule has 0 aromatic heterocycles. The van der Waals surface area contributed by atoms with Gasteiger partial charge in [0.2, 0.25) is 0 Å². The molecule has 0 radical (unpaired) electrons. The zero-order chi connectivity index (χ0) is 14.7. The first-order chi connectivity index (χ1) is 9.52. The number of halogens is 3. The predicted octanol–water partition coefficient (Wildman–Crippen LogP) is 5.05. The molecule has 1 unspecified atom stereocenters. The SMILES string of the molecule is CNC(Cc1ccc(C)cc1)c1ccc(Br)c(Cl)c1F. The lowest BCUT2D eigenvalue weighted by atomic mass is 9.98. The monoisotopic (exact) mass is 355 g/mol. The quantitative estimate of drug-likeness (QED) is 0.756. The van der Waals surface area contributed by atoms with E-state index in [4.69, 9.17) is 11.6 Å². The number of rotatable bonds is 4. The molecule has 1 N–H and O–H groups in total. The number of hydrogen-bond acceptors (Lipinski definition) is 1. The fourth-order valence-electron chi connectivity index (χ4n) is 2.14. The van der Waals surface area contributed by atoms with Gasteiger partial charge in [-0.1, -0.05) is 47.5 Å². The van der Waals surface area contributed by atoms with Crippen LogP contribution in [0.15, 0.2) is 40.9 Å². The Morgan fingerprint density at radius 1 is 1.20 bits per heavy atom. The summed E-state index contributed by atoms with van der Waals surface area (Å²) in [6.07, 6.45) is 0.714. The Labute approximate surface area is 132 Å². The molecule has 0 aliphatic carbocycles. The molecule has 0 saturated carbocycles. The molecule has 0 spiro atoms. The van der Waals surface area contributed by atoms with E-state index in [1.807, 2.05) is 14.0 Å². The second-order valence-corrected chi connectivity index (χ2v) is 6.03. The molecule has 106 valence electrons. The molecule has 2 aromatic rings. The first kappa shape index (κ1) is 15.5. The topological polar surface area (TPSA) is 12.0 Å². The largest absolute Gasteiger partial charge is 0.313 e. The highest BCUT2D eigenvalue weighted by molar-refractivity contribution is 9.10.